The van der Waals surface area contributed by atoms with Crippen LogP contribution < -0.4 is 10.1 Å². The van der Waals surface area contributed by atoms with E-state index in [4.69, 9.17) is 14.2 Å². The van der Waals surface area contributed by atoms with Crippen LogP contribution in [0.4, 0.5) is 5.82 Å². The Balaban J connectivity index is 2.55. The molecule has 0 amide bonds. The van der Waals surface area contributed by atoms with Gasteiger partial charge in [0.05, 0.1) is 12.7 Å². The topological polar surface area (TPSA) is 65.5 Å². The average molecular weight is 255 g/mol. The van der Waals surface area contributed by atoms with Gasteiger partial charge in [0.15, 0.2) is 5.82 Å². The van der Waals surface area contributed by atoms with Crippen LogP contribution in [0.15, 0.2) is 6.07 Å². The predicted octanol–water partition coefficient (Wildman–Crippen LogP) is 1.47. The van der Waals surface area contributed by atoms with E-state index < -0.39 is 0 Å². The summed E-state index contributed by atoms with van der Waals surface area (Å²) in [5.41, 5.74) is 0. The van der Waals surface area contributed by atoms with Gasteiger partial charge in [-0.05, 0) is 13.8 Å². The first-order chi connectivity index (χ1) is 8.65. The molecule has 1 aromatic rings. The van der Waals surface area contributed by atoms with Crippen molar-refractivity contribution in [2.45, 2.75) is 26.6 Å². The predicted molar refractivity (Wildman–Crippen MR) is 68.9 cm³/mol. The van der Waals surface area contributed by atoms with Gasteiger partial charge >= 0.3 is 0 Å². The second kappa shape index (κ2) is 7.84. The Hall–Kier alpha value is -1.40. The smallest absolute Gasteiger partial charge is 0.218 e. The van der Waals surface area contributed by atoms with Crippen LogP contribution in [0.3, 0.4) is 0 Å². The fourth-order valence-corrected chi connectivity index (χ4v) is 1.30. The van der Waals surface area contributed by atoms with Gasteiger partial charge in [-0.1, -0.05) is 0 Å². The summed E-state index contributed by atoms with van der Waals surface area (Å²) in [5.74, 6) is 1.81. The Kier molecular flexibility index (Phi) is 6.38. The van der Waals surface area contributed by atoms with Crippen molar-refractivity contribution >= 4 is 5.82 Å². The van der Waals surface area contributed by atoms with Crippen molar-refractivity contribution < 1.29 is 14.2 Å². The van der Waals surface area contributed by atoms with E-state index in [1.165, 1.54) is 0 Å². The molecule has 1 heterocycles. The van der Waals surface area contributed by atoms with Crippen LogP contribution in [0.2, 0.25) is 0 Å². The van der Waals surface area contributed by atoms with E-state index in [1.807, 2.05) is 13.8 Å². The summed E-state index contributed by atoms with van der Waals surface area (Å²) in [4.78, 5) is 8.47. The van der Waals surface area contributed by atoms with Gasteiger partial charge in [-0.2, -0.15) is 4.98 Å². The third-order valence-corrected chi connectivity index (χ3v) is 2.06. The minimum absolute atomic E-state index is 0.205. The maximum atomic E-state index is 5.51. The summed E-state index contributed by atoms with van der Waals surface area (Å²) >= 11 is 0. The molecule has 0 fully saturated rings. The molecule has 1 rings (SSSR count). The number of anilines is 1. The van der Waals surface area contributed by atoms with E-state index in [2.05, 4.69) is 15.3 Å². The Morgan fingerprint density at radius 1 is 1.28 bits per heavy atom. The maximum Gasteiger partial charge on any atom is 0.218 e. The fraction of sp³-hybridized carbons (Fsp3) is 0.667. The molecule has 6 nitrogen and oxygen atoms in total. The second-order valence-electron chi connectivity index (χ2n) is 3.96. The highest BCUT2D eigenvalue weighted by Gasteiger charge is 2.05. The zero-order valence-electron chi connectivity index (χ0n) is 11.4. The number of ether oxygens (including phenoxy) is 3. The molecule has 102 valence electrons. The molecule has 0 bridgehead atoms. The average Bonchev–Trinajstić information content (AvgIpc) is 2.34. The molecule has 0 aliphatic heterocycles. The molecule has 0 saturated carbocycles. The molecule has 0 atom stereocenters. The molecule has 0 spiro atoms. The molecule has 0 unspecified atom stereocenters. The molecule has 1 aromatic heterocycles. The van der Waals surface area contributed by atoms with Crippen molar-refractivity contribution in [2.24, 2.45) is 0 Å². The minimum atomic E-state index is 0.205. The van der Waals surface area contributed by atoms with Gasteiger partial charge in [-0.15, -0.1) is 0 Å². The quantitative estimate of drug-likeness (QED) is 0.710. The Bertz CT molecular complexity index is 358. The number of rotatable bonds is 8. The number of aromatic nitrogens is 2. The molecule has 0 aliphatic rings. The lowest BCUT2D eigenvalue weighted by Crippen LogP contribution is -2.12. The lowest BCUT2D eigenvalue weighted by Gasteiger charge is -2.10. The van der Waals surface area contributed by atoms with E-state index in [0.717, 1.165) is 0 Å². The van der Waals surface area contributed by atoms with E-state index in [9.17, 15) is 0 Å². The van der Waals surface area contributed by atoms with Crippen LogP contribution >= 0.6 is 0 Å². The van der Waals surface area contributed by atoms with Crippen LogP contribution in [0, 0.1) is 0 Å². The van der Waals surface area contributed by atoms with Crippen LogP contribution in [-0.2, 0) is 16.1 Å². The Morgan fingerprint density at radius 2 is 2.06 bits per heavy atom. The normalized spacial score (nSPS) is 10.7. The van der Waals surface area contributed by atoms with E-state index in [0.29, 0.717) is 37.3 Å². The zero-order valence-corrected chi connectivity index (χ0v) is 11.4. The van der Waals surface area contributed by atoms with E-state index >= 15 is 0 Å². The van der Waals surface area contributed by atoms with Gasteiger partial charge in [0.2, 0.25) is 5.88 Å². The fourth-order valence-electron chi connectivity index (χ4n) is 1.30. The Labute approximate surface area is 108 Å². The largest absolute Gasteiger partial charge is 0.475 e. The van der Waals surface area contributed by atoms with Gasteiger partial charge in [0.25, 0.3) is 0 Å². The van der Waals surface area contributed by atoms with Crippen LogP contribution in [0.1, 0.15) is 19.7 Å². The van der Waals surface area contributed by atoms with Crippen molar-refractivity contribution in [3.8, 4) is 5.88 Å². The summed E-state index contributed by atoms with van der Waals surface area (Å²) < 4.78 is 15.9. The third kappa shape index (κ3) is 5.29. The molecule has 1 N–H and O–H groups in total. The van der Waals surface area contributed by atoms with Gasteiger partial charge in [-0.3, -0.25) is 0 Å². The van der Waals surface area contributed by atoms with Crippen LogP contribution in [0.25, 0.3) is 0 Å². The van der Waals surface area contributed by atoms with Crippen molar-refractivity contribution in [1.29, 1.82) is 0 Å². The van der Waals surface area contributed by atoms with Gasteiger partial charge in [0.1, 0.15) is 19.0 Å². The number of nitrogens with one attached hydrogen (secondary N) is 1. The molecule has 0 radical (unpaired) electrons. The summed E-state index contributed by atoms with van der Waals surface area (Å²) in [7, 11) is 3.40. The van der Waals surface area contributed by atoms with Gasteiger partial charge in [-0.25, -0.2) is 4.98 Å². The van der Waals surface area contributed by atoms with Crippen molar-refractivity contribution in [1.82, 2.24) is 9.97 Å². The van der Waals surface area contributed by atoms with Gasteiger partial charge in [0, 0.05) is 20.2 Å². The van der Waals surface area contributed by atoms with Crippen LogP contribution in [-0.4, -0.2) is 43.4 Å². The lowest BCUT2D eigenvalue weighted by molar-refractivity contribution is 0.0540. The highest BCUT2D eigenvalue weighted by Crippen LogP contribution is 2.13. The van der Waals surface area contributed by atoms with Crippen molar-refractivity contribution in [3.63, 3.8) is 0 Å². The number of methoxy groups -OCH3 is 1. The number of hydrogen-bond acceptors (Lipinski definition) is 6. The molecule has 0 saturated heterocycles. The Morgan fingerprint density at radius 3 is 2.67 bits per heavy atom. The van der Waals surface area contributed by atoms with Crippen molar-refractivity contribution in [2.75, 3.05) is 32.7 Å². The minimum Gasteiger partial charge on any atom is -0.475 e. The standard InChI is InChI=1S/C12H21N3O3/c1-9(2)17-5-6-18-12-7-10(13-3)14-11(15-12)8-16-4/h7,9H,5-6,8H2,1-4H3,(H,13,14,15). The highest BCUT2D eigenvalue weighted by molar-refractivity contribution is 5.37. The summed E-state index contributed by atoms with van der Waals surface area (Å²) in [6, 6.07) is 1.74. The van der Waals surface area contributed by atoms with E-state index in [-0.39, 0.29) is 6.10 Å². The molecule has 6 heteroatoms. The summed E-state index contributed by atoms with van der Waals surface area (Å²) in [6.07, 6.45) is 0.205. The van der Waals surface area contributed by atoms with Crippen LogP contribution in [0.5, 0.6) is 5.88 Å². The zero-order chi connectivity index (χ0) is 13.4. The third-order valence-electron chi connectivity index (χ3n) is 2.06. The number of hydrogen-bond donors (Lipinski definition) is 1. The first kappa shape index (κ1) is 14.7. The molecule has 0 aliphatic carbocycles. The number of nitrogens with zero attached hydrogens (tertiary/aromatic N) is 2. The van der Waals surface area contributed by atoms with Crippen molar-refractivity contribution in [3.05, 3.63) is 11.9 Å². The monoisotopic (exact) mass is 255 g/mol. The second-order valence-corrected chi connectivity index (χ2v) is 3.96. The first-order valence-corrected chi connectivity index (χ1v) is 5.94. The summed E-state index contributed by atoms with van der Waals surface area (Å²) in [5, 5.41) is 2.96. The highest BCUT2D eigenvalue weighted by atomic mass is 16.5. The molecule has 0 aromatic carbocycles. The maximum absolute atomic E-state index is 5.51. The molecule has 18 heavy (non-hydrogen) atoms. The lowest BCUT2D eigenvalue weighted by atomic mass is 10.5. The SMILES string of the molecule is CNc1cc(OCCOC(C)C)nc(COC)n1. The molecular weight excluding hydrogens is 234 g/mol. The first-order valence-electron chi connectivity index (χ1n) is 5.94. The summed E-state index contributed by atoms with van der Waals surface area (Å²) in [6.45, 7) is 5.33. The molecular formula is C12H21N3O3. The van der Waals surface area contributed by atoms with Gasteiger partial charge < -0.3 is 19.5 Å². The van der Waals surface area contributed by atoms with E-state index in [1.54, 1.807) is 20.2 Å².